The highest BCUT2D eigenvalue weighted by Gasteiger charge is 2.28. The Morgan fingerprint density at radius 1 is 1.32 bits per heavy atom. The van der Waals surface area contributed by atoms with E-state index in [0.717, 1.165) is 31.4 Å². The van der Waals surface area contributed by atoms with Crippen LogP contribution in [0.5, 0.6) is 0 Å². The molecule has 2 unspecified atom stereocenters. The molecule has 1 aliphatic rings. The fourth-order valence-corrected chi connectivity index (χ4v) is 3.36. The van der Waals surface area contributed by atoms with Crippen LogP contribution in [0.2, 0.25) is 5.02 Å². The van der Waals surface area contributed by atoms with Gasteiger partial charge in [-0.05, 0) is 43.0 Å². The van der Waals surface area contributed by atoms with E-state index in [0.29, 0.717) is 17.5 Å². The van der Waals surface area contributed by atoms with E-state index < -0.39 is 0 Å². The van der Waals surface area contributed by atoms with E-state index in [1.54, 1.807) is 18.5 Å². The molecule has 1 aliphatic heterocycles. The molecule has 0 saturated carbocycles. The fourth-order valence-electron chi connectivity index (χ4n) is 3.23. The molecule has 0 radical (unpaired) electrons. The third-order valence-corrected chi connectivity index (χ3v) is 4.88. The third kappa shape index (κ3) is 4.48. The van der Waals surface area contributed by atoms with Gasteiger partial charge in [0.05, 0.1) is 12.0 Å². The van der Waals surface area contributed by atoms with E-state index in [2.05, 4.69) is 27.1 Å². The van der Waals surface area contributed by atoms with Crippen LogP contribution in [0.15, 0.2) is 42.7 Å². The predicted octanol–water partition coefficient (Wildman–Crippen LogP) is 3.61. The average Bonchev–Trinajstić information content (AvgIpc) is 2.67. The van der Waals surface area contributed by atoms with Gasteiger partial charge in [0.25, 0.3) is 0 Å². The van der Waals surface area contributed by atoms with Crippen molar-refractivity contribution in [1.29, 1.82) is 0 Å². The first kappa shape index (κ1) is 17.7. The van der Waals surface area contributed by atoms with Crippen LogP contribution in [0.1, 0.15) is 37.8 Å². The molecule has 25 heavy (non-hydrogen) atoms. The maximum absolute atomic E-state index is 12.8. The quantitative estimate of drug-likeness (QED) is 0.887. The maximum Gasteiger partial charge on any atom is 0.225 e. The highest BCUT2D eigenvalue weighted by molar-refractivity contribution is 6.30. The first-order chi connectivity index (χ1) is 12.2. The lowest BCUT2D eigenvalue weighted by atomic mass is 9.96. The standard InChI is InChI=1S/C19H23ClN4O/c1-2-17(14-6-8-16(20)9-7-14)23-18(25)15-5-3-12-24(13-15)19-21-10-4-11-22-19/h4,6-11,15,17H,2-3,5,12-13H2,1H3,(H,23,25). The Bertz CT molecular complexity index is 692. The summed E-state index contributed by atoms with van der Waals surface area (Å²) >= 11 is 5.96. The molecule has 0 bridgehead atoms. The Labute approximate surface area is 153 Å². The van der Waals surface area contributed by atoms with E-state index in [-0.39, 0.29) is 17.9 Å². The molecule has 1 fully saturated rings. The SMILES string of the molecule is CCC(NC(=O)C1CCCN(c2ncccn2)C1)c1ccc(Cl)cc1. The number of rotatable bonds is 5. The molecule has 2 aromatic rings. The van der Waals surface area contributed by atoms with Crippen molar-refractivity contribution in [3.8, 4) is 0 Å². The number of benzene rings is 1. The Morgan fingerprint density at radius 2 is 2.04 bits per heavy atom. The second kappa shape index (κ2) is 8.30. The molecule has 0 spiro atoms. The van der Waals surface area contributed by atoms with Crippen LogP contribution in [0.4, 0.5) is 5.95 Å². The minimum atomic E-state index is -0.0427. The molecule has 132 valence electrons. The second-order valence-electron chi connectivity index (χ2n) is 6.35. The maximum atomic E-state index is 12.8. The number of piperidine rings is 1. The van der Waals surface area contributed by atoms with Crippen LogP contribution in [0, 0.1) is 5.92 Å². The highest BCUT2D eigenvalue weighted by atomic mass is 35.5. The summed E-state index contributed by atoms with van der Waals surface area (Å²) in [4.78, 5) is 23.5. The Balaban J connectivity index is 1.64. The van der Waals surface area contributed by atoms with E-state index in [1.165, 1.54) is 0 Å². The summed E-state index contributed by atoms with van der Waals surface area (Å²) in [5, 5.41) is 3.90. The zero-order valence-electron chi connectivity index (χ0n) is 14.4. The van der Waals surface area contributed by atoms with Gasteiger partial charge in [0.15, 0.2) is 0 Å². The van der Waals surface area contributed by atoms with Crippen LogP contribution in [-0.2, 0) is 4.79 Å². The molecule has 2 atom stereocenters. The van der Waals surface area contributed by atoms with Gasteiger partial charge in [-0.3, -0.25) is 4.79 Å². The van der Waals surface area contributed by atoms with Crippen molar-refractivity contribution in [3.05, 3.63) is 53.3 Å². The van der Waals surface area contributed by atoms with Gasteiger partial charge >= 0.3 is 0 Å². The molecule has 1 aromatic heterocycles. The number of hydrogen-bond acceptors (Lipinski definition) is 4. The number of aromatic nitrogens is 2. The summed E-state index contributed by atoms with van der Waals surface area (Å²) in [6.07, 6.45) is 6.17. The van der Waals surface area contributed by atoms with Crippen LogP contribution in [-0.4, -0.2) is 29.0 Å². The molecule has 6 heteroatoms. The molecular formula is C19H23ClN4O. The largest absolute Gasteiger partial charge is 0.349 e. The minimum Gasteiger partial charge on any atom is -0.349 e. The van der Waals surface area contributed by atoms with E-state index in [9.17, 15) is 4.79 Å². The van der Waals surface area contributed by atoms with Gasteiger partial charge in [0.2, 0.25) is 11.9 Å². The molecule has 1 N–H and O–H groups in total. The van der Waals surface area contributed by atoms with Crippen molar-refractivity contribution in [2.45, 2.75) is 32.2 Å². The van der Waals surface area contributed by atoms with Crippen molar-refractivity contribution in [3.63, 3.8) is 0 Å². The molecular weight excluding hydrogens is 336 g/mol. The van der Waals surface area contributed by atoms with Crippen LogP contribution >= 0.6 is 11.6 Å². The van der Waals surface area contributed by atoms with Gasteiger partial charge < -0.3 is 10.2 Å². The Morgan fingerprint density at radius 3 is 2.72 bits per heavy atom. The van der Waals surface area contributed by atoms with E-state index in [4.69, 9.17) is 11.6 Å². The van der Waals surface area contributed by atoms with Crippen LogP contribution in [0.25, 0.3) is 0 Å². The van der Waals surface area contributed by atoms with E-state index in [1.807, 2.05) is 24.3 Å². The van der Waals surface area contributed by atoms with Crippen molar-refractivity contribution >= 4 is 23.5 Å². The molecule has 1 amide bonds. The van der Waals surface area contributed by atoms with Crippen molar-refractivity contribution in [1.82, 2.24) is 15.3 Å². The van der Waals surface area contributed by atoms with Crippen molar-refractivity contribution in [2.75, 3.05) is 18.0 Å². The van der Waals surface area contributed by atoms with Gasteiger partial charge in [0, 0.05) is 30.5 Å². The minimum absolute atomic E-state index is 0.00752. The molecule has 3 rings (SSSR count). The molecule has 5 nitrogen and oxygen atoms in total. The number of carbonyl (C=O) groups excluding carboxylic acids is 1. The monoisotopic (exact) mass is 358 g/mol. The number of carbonyl (C=O) groups is 1. The smallest absolute Gasteiger partial charge is 0.225 e. The zero-order valence-corrected chi connectivity index (χ0v) is 15.1. The van der Waals surface area contributed by atoms with Crippen molar-refractivity contribution < 1.29 is 4.79 Å². The molecule has 1 aromatic carbocycles. The summed E-state index contributed by atoms with van der Waals surface area (Å²) in [6, 6.07) is 9.48. The van der Waals surface area contributed by atoms with Crippen LogP contribution in [0.3, 0.4) is 0 Å². The second-order valence-corrected chi connectivity index (χ2v) is 6.79. The number of hydrogen-bond donors (Lipinski definition) is 1. The number of anilines is 1. The fraction of sp³-hybridized carbons (Fsp3) is 0.421. The number of nitrogens with one attached hydrogen (secondary N) is 1. The van der Waals surface area contributed by atoms with Crippen LogP contribution < -0.4 is 10.2 Å². The normalized spacial score (nSPS) is 18.6. The average molecular weight is 359 g/mol. The van der Waals surface area contributed by atoms with Gasteiger partial charge in [-0.1, -0.05) is 30.7 Å². The molecule has 1 saturated heterocycles. The predicted molar refractivity (Wildman–Crippen MR) is 99.6 cm³/mol. The molecule has 2 heterocycles. The topological polar surface area (TPSA) is 58.1 Å². The lowest BCUT2D eigenvalue weighted by Gasteiger charge is -2.32. The summed E-state index contributed by atoms with van der Waals surface area (Å²) in [5.74, 6) is 0.756. The number of halogens is 1. The lowest BCUT2D eigenvalue weighted by molar-refractivity contribution is -0.126. The third-order valence-electron chi connectivity index (χ3n) is 4.62. The number of nitrogens with zero attached hydrogens (tertiary/aromatic N) is 3. The zero-order chi connectivity index (χ0) is 17.6. The van der Waals surface area contributed by atoms with Gasteiger partial charge in [-0.25, -0.2) is 9.97 Å². The molecule has 0 aliphatic carbocycles. The summed E-state index contributed by atoms with van der Waals surface area (Å²) < 4.78 is 0. The number of amides is 1. The van der Waals surface area contributed by atoms with Gasteiger partial charge in [-0.15, -0.1) is 0 Å². The Hall–Kier alpha value is -2.14. The first-order valence-corrected chi connectivity index (χ1v) is 9.13. The summed E-state index contributed by atoms with van der Waals surface area (Å²) in [5.41, 5.74) is 1.08. The van der Waals surface area contributed by atoms with Gasteiger partial charge in [-0.2, -0.15) is 0 Å². The Kier molecular flexibility index (Phi) is 5.87. The van der Waals surface area contributed by atoms with Crippen molar-refractivity contribution in [2.24, 2.45) is 5.92 Å². The van der Waals surface area contributed by atoms with Gasteiger partial charge in [0.1, 0.15) is 0 Å². The lowest BCUT2D eigenvalue weighted by Crippen LogP contribution is -2.44. The highest BCUT2D eigenvalue weighted by Crippen LogP contribution is 2.23. The summed E-state index contributed by atoms with van der Waals surface area (Å²) in [6.45, 7) is 3.62. The first-order valence-electron chi connectivity index (χ1n) is 8.75. The summed E-state index contributed by atoms with van der Waals surface area (Å²) in [7, 11) is 0. The van der Waals surface area contributed by atoms with E-state index >= 15 is 0 Å².